The van der Waals surface area contributed by atoms with Crippen LogP contribution in [0.1, 0.15) is 24.8 Å². The fourth-order valence-electron chi connectivity index (χ4n) is 1.24. The van der Waals surface area contributed by atoms with Crippen LogP contribution in [0.3, 0.4) is 0 Å². The van der Waals surface area contributed by atoms with Gasteiger partial charge in [0.1, 0.15) is 5.82 Å². The Hall–Kier alpha value is -0.890. The molecule has 0 amide bonds. The number of nitrogens with two attached hydrogens (primary N) is 1. The summed E-state index contributed by atoms with van der Waals surface area (Å²) in [4.78, 5) is 0. The summed E-state index contributed by atoms with van der Waals surface area (Å²) in [5.74, 6) is -0.174. The van der Waals surface area contributed by atoms with E-state index in [1.807, 2.05) is 6.92 Å². The summed E-state index contributed by atoms with van der Waals surface area (Å²) in [6.07, 6.45) is 0.880. The summed E-state index contributed by atoms with van der Waals surface area (Å²) in [5.41, 5.74) is 6.83. The first kappa shape index (κ1) is 10.2. The van der Waals surface area contributed by atoms with Crippen molar-refractivity contribution in [3.05, 3.63) is 42.6 Å². The quantitative estimate of drug-likeness (QED) is 0.759. The predicted molar refractivity (Wildman–Crippen MR) is 52.8 cm³/mol. The monoisotopic (exact) mass is 180 g/mol. The second-order valence-corrected chi connectivity index (χ2v) is 3.23. The molecule has 1 nitrogen and oxygen atoms in total. The van der Waals surface area contributed by atoms with E-state index in [1.54, 1.807) is 12.1 Å². The fourth-order valence-corrected chi connectivity index (χ4v) is 1.24. The standard InChI is InChI=1S/C11H15FN/c1-3-11(13)8(2)9-4-6-10(12)7-5-9/h4-8,11H,2-3,13H2,1H3. The third kappa shape index (κ3) is 2.52. The first-order valence-electron chi connectivity index (χ1n) is 4.49. The van der Waals surface area contributed by atoms with Gasteiger partial charge in [-0.2, -0.15) is 0 Å². The minimum atomic E-state index is -0.221. The molecule has 2 atom stereocenters. The van der Waals surface area contributed by atoms with Crippen LogP contribution >= 0.6 is 0 Å². The maximum absolute atomic E-state index is 12.6. The van der Waals surface area contributed by atoms with Crippen LogP contribution in [-0.2, 0) is 0 Å². The highest BCUT2D eigenvalue weighted by Gasteiger charge is 2.12. The maximum atomic E-state index is 12.6. The molecule has 0 aliphatic rings. The minimum absolute atomic E-state index is 0.0467. The highest BCUT2D eigenvalue weighted by atomic mass is 19.1. The van der Waals surface area contributed by atoms with E-state index in [-0.39, 0.29) is 17.8 Å². The lowest BCUT2D eigenvalue weighted by atomic mass is 9.92. The number of rotatable bonds is 3. The Labute approximate surface area is 78.8 Å². The molecule has 1 aromatic rings. The largest absolute Gasteiger partial charge is 0.327 e. The predicted octanol–water partition coefficient (Wildman–Crippen LogP) is 2.48. The Morgan fingerprint density at radius 2 is 1.92 bits per heavy atom. The summed E-state index contributed by atoms with van der Waals surface area (Å²) in [5, 5.41) is 0. The molecule has 2 unspecified atom stereocenters. The normalized spacial score (nSPS) is 15.4. The van der Waals surface area contributed by atoms with E-state index < -0.39 is 0 Å². The molecular weight excluding hydrogens is 165 g/mol. The van der Waals surface area contributed by atoms with Crippen LogP contribution < -0.4 is 5.73 Å². The lowest BCUT2D eigenvalue weighted by Crippen LogP contribution is -2.25. The summed E-state index contributed by atoms with van der Waals surface area (Å²) >= 11 is 0. The summed E-state index contributed by atoms with van der Waals surface area (Å²) < 4.78 is 12.6. The maximum Gasteiger partial charge on any atom is 0.123 e. The average Bonchev–Trinajstić information content (AvgIpc) is 2.17. The van der Waals surface area contributed by atoms with Gasteiger partial charge in [0.05, 0.1) is 0 Å². The van der Waals surface area contributed by atoms with E-state index in [1.165, 1.54) is 12.1 Å². The Morgan fingerprint density at radius 1 is 1.38 bits per heavy atom. The molecule has 1 aromatic carbocycles. The van der Waals surface area contributed by atoms with Gasteiger partial charge in [0.2, 0.25) is 0 Å². The van der Waals surface area contributed by atoms with Crippen molar-refractivity contribution < 1.29 is 4.39 Å². The van der Waals surface area contributed by atoms with E-state index in [2.05, 4.69) is 6.92 Å². The van der Waals surface area contributed by atoms with Crippen LogP contribution in [0.5, 0.6) is 0 Å². The van der Waals surface area contributed by atoms with Crippen LogP contribution in [0.4, 0.5) is 4.39 Å². The van der Waals surface area contributed by atoms with Crippen LogP contribution in [0.25, 0.3) is 0 Å². The molecule has 0 saturated carbocycles. The van der Waals surface area contributed by atoms with E-state index in [4.69, 9.17) is 5.73 Å². The molecule has 71 valence electrons. The van der Waals surface area contributed by atoms with Gasteiger partial charge in [-0.3, -0.25) is 0 Å². The van der Waals surface area contributed by atoms with Crippen molar-refractivity contribution in [1.82, 2.24) is 0 Å². The molecule has 1 radical (unpaired) electrons. The molecule has 2 N–H and O–H groups in total. The second-order valence-electron chi connectivity index (χ2n) is 3.23. The number of halogens is 1. The zero-order valence-electron chi connectivity index (χ0n) is 7.83. The average molecular weight is 180 g/mol. The van der Waals surface area contributed by atoms with Gasteiger partial charge in [0.25, 0.3) is 0 Å². The third-order valence-electron chi connectivity index (χ3n) is 2.29. The molecule has 0 aliphatic carbocycles. The summed E-state index contributed by atoms with van der Waals surface area (Å²) in [7, 11) is 0. The second kappa shape index (κ2) is 4.38. The molecule has 13 heavy (non-hydrogen) atoms. The zero-order chi connectivity index (χ0) is 9.84. The lowest BCUT2D eigenvalue weighted by Gasteiger charge is -2.18. The van der Waals surface area contributed by atoms with Crippen molar-refractivity contribution in [2.24, 2.45) is 5.73 Å². The van der Waals surface area contributed by atoms with Gasteiger partial charge in [-0.15, -0.1) is 0 Å². The van der Waals surface area contributed by atoms with Crippen molar-refractivity contribution in [3.63, 3.8) is 0 Å². The van der Waals surface area contributed by atoms with Gasteiger partial charge in [0, 0.05) is 6.04 Å². The number of hydrogen-bond donors (Lipinski definition) is 1. The van der Waals surface area contributed by atoms with Crippen LogP contribution in [0, 0.1) is 12.7 Å². The summed E-state index contributed by atoms with van der Waals surface area (Å²) in [6.45, 7) is 5.98. The van der Waals surface area contributed by atoms with Crippen LogP contribution in [0.15, 0.2) is 24.3 Å². The number of hydrogen-bond acceptors (Lipinski definition) is 1. The molecule has 0 aromatic heterocycles. The van der Waals surface area contributed by atoms with Crippen LogP contribution in [0.2, 0.25) is 0 Å². The van der Waals surface area contributed by atoms with Gasteiger partial charge < -0.3 is 5.73 Å². The van der Waals surface area contributed by atoms with Crippen molar-refractivity contribution in [3.8, 4) is 0 Å². The number of benzene rings is 1. The minimum Gasteiger partial charge on any atom is -0.327 e. The highest BCUT2D eigenvalue weighted by molar-refractivity contribution is 5.22. The highest BCUT2D eigenvalue weighted by Crippen LogP contribution is 2.19. The van der Waals surface area contributed by atoms with E-state index in [0.29, 0.717) is 0 Å². The first-order valence-corrected chi connectivity index (χ1v) is 4.49. The van der Waals surface area contributed by atoms with Crippen molar-refractivity contribution >= 4 is 0 Å². The molecule has 0 spiro atoms. The van der Waals surface area contributed by atoms with Gasteiger partial charge in [-0.25, -0.2) is 4.39 Å². The topological polar surface area (TPSA) is 26.0 Å². The lowest BCUT2D eigenvalue weighted by molar-refractivity contribution is 0.583. The molecule has 2 heteroatoms. The summed E-state index contributed by atoms with van der Waals surface area (Å²) in [6, 6.07) is 6.40. The zero-order valence-corrected chi connectivity index (χ0v) is 7.83. The van der Waals surface area contributed by atoms with E-state index in [0.717, 1.165) is 12.0 Å². The molecular formula is C11H15FN. The Bertz CT molecular complexity index is 255. The van der Waals surface area contributed by atoms with E-state index in [9.17, 15) is 4.39 Å². The van der Waals surface area contributed by atoms with Crippen molar-refractivity contribution in [2.75, 3.05) is 0 Å². The first-order chi connectivity index (χ1) is 6.15. The van der Waals surface area contributed by atoms with E-state index >= 15 is 0 Å². The Kier molecular flexibility index (Phi) is 3.43. The fraction of sp³-hybridized carbons (Fsp3) is 0.364. The van der Waals surface area contributed by atoms with Gasteiger partial charge in [0.15, 0.2) is 0 Å². The van der Waals surface area contributed by atoms with Gasteiger partial charge >= 0.3 is 0 Å². The SMILES string of the molecule is [CH2]C(c1ccc(F)cc1)C(N)CC. The van der Waals surface area contributed by atoms with Crippen molar-refractivity contribution in [1.29, 1.82) is 0 Å². The molecule has 1 rings (SSSR count). The molecule has 0 heterocycles. The smallest absolute Gasteiger partial charge is 0.123 e. The third-order valence-corrected chi connectivity index (χ3v) is 2.29. The van der Waals surface area contributed by atoms with Gasteiger partial charge in [-0.05, 0) is 37.0 Å². The van der Waals surface area contributed by atoms with Gasteiger partial charge in [-0.1, -0.05) is 19.1 Å². The molecule has 0 saturated heterocycles. The molecule has 0 bridgehead atoms. The van der Waals surface area contributed by atoms with Crippen molar-refractivity contribution in [2.45, 2.75) is 25.3 Å². The molecule has 0 aliphatic heterocycles. The van der Waals surface area contributed by atoms with Crippen LogP contribution in [-0.4, -0.2) is 6.04 Å². The Balaban J connectivity index is 2.77. The molecule has 0 fully saturated rings. The Morgan fingerprint density at radius 3 is 2.38 bits per heavy atom.